The van der Waals surface area contributed by atoms with Crippen LogP contribution in [-0.4, -0.2) is 25.6 Å². The molecule has 0 spiro atoms. The van der Waals surface area contributed by atoms with Crippen molar-refractivity contribution in [2.24, 2.45) is 7.05 Å². The molecule has 5 nitrogen and oxygen atoms in total. The molecule has 0 amide bonds. The molecule has 0 radical (unpaired) electrons. The minimum atomic E-state index is -0.959. The second-order valence-electron chi connectivity index (χ2n) is 3.53. The summed E-state index contributed by atoms with van der Waals surface area (Å²) in [6.45, 7) is 0. The van der Waals surface area contributed by atoms with Crippen molar-refractivity contribution in [1.29, 1.82) is 0 Å². The molecular weight excluding hydrogens is 274 g/mol. The largest absolute Gasteiger partial charge is 0.478 e. The summed E-state index contributed by atoms with van der Waals surface area (Å²) in [7, 11) is 1.83. The lowest BCUT2D eigenvalue weighted by Crippen LogP contribution is -1.98. The molecule has 0 aromatic carbocycles. The zero-order chi connectivity index (χ0) is 13.1. The van der Waals surface area contributed by atoms with Crippen LogP contribution in [-0.2, 0) is 12.8 Å². The number of pyridine rings is 1. The predicted molar refractivity (Wildman–Crippen MR) is 69.0 cm³/mol. The number of carboxylic acids is 1. The van der Waals surface area contributed by atoms with E-state index >= 15 is 0 Å². The number of imidazole rings is 1. The van der Waals surface area contributed by atoms with Crippen molar-refractivity contribution in [3.63, 3.8) is 0 Å². The van der Waals surface area contributed by atoms with Crippen molar-refractivity contribution in [2.45, 2.75) is 10.8 Å². The molecule has 0 fully saturated rings. The van der Waals surface area contributed by atoms with E-state index in [1.54, 1.807) is 10.8 Å². The van der Waals surface area contributed by atoms with Crippen molar-refractivity contribution >= 4 is 29.3 Å². The Balaban J connectivity index is 2.08. The Morgan fingerprint density at radius 3 is 2.94 bits per heavy atom. The van der Waals surface area contributed by atoms with Crippen LogP contribution in [0.1, 0.15) is 16.2 Å². The zero-order valence-electron chi connectivity index (χ0n) is 9.50. The lowest BCUT2D eigenvalue weighted by atomic mass is 10.3. The number of carboxylic acid groups (broad SMARTS) is 1. The van der Waals surface area contributed by atoms with Gasteiger partial charge in [0, 0.05) is 13.2 Å². The Morgan fingerprint density at radius 2 is 2.33 bits per heavy atom. The number of thioether (sulfide) groups is 1. The van der Waals surface area contributed by atoms with Gasteiger partial charge in [-0.3, -0.25) is 0 Å². The fourth-order valence-corrected chi connectivity index (χ4v) is 2.36. The molecule has 2 aromatic rings. The van der Waals surface area contributed by atoms with Crippen LogP contribution in [0.5, 0.6) is 0 Å². The molecule has 94 valence electrons. The number of aromatic nitrogens is 3. The molecule has 0 aliphatic rings. The number of rotatable bonds is 4. The van der Waals surface area contributed by atoms with Gasteiger partial charge in [-0.25, -0.2) is 14.8 Å². The first-order valence-electron chi connectivity index (χ1n) is 5.06. The number of nitrogens with zero attached hydrogens (tertiary/aromatic N) is 3. The SMILES string of the molecule is Cn1c(Cl)cnc1CSc1cc(C(=O)O)ccn1. The zero-order valence-corrected chi connectivity index (χ0v) is 11.1. The van der Waals surface area contributed by atoms with Crippen molar-refractivity contribution in [1.82, 2.24) is 14.5 Å². The summed E-state index contributed by atoms with van der Waals surface area (Å²) < 4.78 is 1.77. The molecule has 0 aliphatic carbocycles. The fraction of sp³-hybridized carbons (Fsp3) is 0.182. The van der Waals surface area contributed by atoms with Crippen LogP contribution in [0, 0.1) is 0 Å². The Labute approximate surface area is 113 Å². The minimum absolute atomic E-state index is 0.227. The second kappa shape index (κ2) is 5.41. The van der Waals surface area contributed by atoms with Crippen LogP contribution in [0.3, 0.4) is 0 Å². The van der Waals surface area contributed by atoms with Gasteiger partial charge < -0.3 is 9.67 Å². The monoisotopic (exact) mass is 283 g/mol. The first-order chi connectivity index (χ1) is 8.58. The van der Waals surface area contributed by atoms with Crippen molar-refractivity contribution in [3.8, 4) is 0 Å². The van der Waals surface area contributed by atoms with E-state index < -0.39 is 5.97 Å². The molecule has 2 rings (SSSR count). The standard InChI is InChI=1S/C11H10ClN3O2S/c1-15-8(12)5-14-9(15)6-18-10-4-7(11(16)17)2-3-13-10/h2-5H,6H2,1H3,(H,16,17). The van der Waals surface area contributed by atoms with E-state index in [1.807, 2.05) is 7.05 Å². The molecule has 0 atom stereocenters. The number of aromatic carboxylic acids is 1. The highest BCUT2D eigenvalue weighted by Crippen LogP contribution is 2.22. The van der Waals surface area contributed by atoms with Gasteiger partial charge in [0.25, 0.3) is 0 Å². The fourth-order valence-electron chi connectivity index (χ4n) is 1.32. The summed E-state index contributed by atoms with van der Waals surface area (Å²) in [5, 5.41) is 10.1. The molecule has 2 aromatic heterocycles. The van der Waals surface area contributed by atoms with E-state index in [-0.39, 0.29) is 5.56 Å². The Kier molecular flexibility index (Phi) is 3.88. The minimum Gasteiger partial charge on any atom is -0.478 e. The Morgan fingerprint density at radius 1 is 1.56 bits per heavy atom. The van der Waals surface area contributed by atoms with Crippen molar-refractivity contribution in [2.75, 3.05) is 0 Å². The number of halogens is 1. The molecule has 0 bridgehead atoms. The van der Waals surface area contributed by atoms with E-state index in [1.165, 1.54) is 30.1 Å². The molecule has 7 heteroatoms. The van der Waals surface area contributed by atoms with Gasteiger partial charge in [-0.1, -0.05) is 23.4 Å². The third kappa shape index (κ3) is 2.83. The van der Waals surface area contributed by atoms with Gasteiger partial charge >= 0.3 is 5.97 Å². The van der Waals surface area contributed by atoms with Crippen LogP contribution in [0.2, 0.25) is 5.15 Å². The van der Waals surface area contributed by atoms with E-state index in [0.29, 0.717) is 15.9 Å². The summed E-state index contributed by atoms with van der Waals surface area (Å²) in [5.41, 5.74) is 0.227. The van der Waals surface area contributed by atoms with Crippen LogP contribution in [0.4, 0.5) is 0 Å². The lowest BCUT2D eigenvalue weighted by molar-refractivity contribution is 0.0696. The predicted octanol–water partition coefficient (Wildman–Crippen LogP) is 2.46. The Bertz CT molecular complexity index is 585. The molecule has 18 heavy (non-hydrogen) atoms. The summed E-state index contributed by atoms with van der Waals surface area (Å²) in [5.74, 6) is 0.436. The van der Waals surface area contributed by atoms with E-state index in [0.717, 1.165) is 5.82 Å². The quantitative estimate of drug-likeness (QED) is 0.873. The van der Waals surface area contributed by atoms with E-state index in [2.05, 4.69) is 9.97 Å². The highest BCUT2D eigenvalue weighted by Gasteiger charge is 2.08. The normalized spacial score (nSPS) is 10.6. The van der Waals surface area contributed by atoms with Gasteiger partial charge in [0.1, 0.15) is 11.0 Å². The average Bonchev–Trinajstić information content (AvgIpc) is 2.68. The molecule has 0 saturated heterocycles. The first kappa shape index (κ1) is 12.9. The van der Waals surface area contributed by atoms with E-state index in [4.69, 9.17) is 16.7 Å². The maximum Gasteiger partial charge on any atom is 0.335 e. The molecular formula is C11H10ClN3O2S. The summed E-state index contributed by atoms with van der Waals surface area (Å²) in [6, 6.07) is 3.00. The lowest BCUT2D eigenvalue weighted by Gasteiger charge is -2.03. The second-order valence-corrected chi connectivity index (χ2v) is 4.92. The first-order valence-corrected chi connectivity index (χ1v) is 6.42. The van der Waals surface area contributed by atoms with Crippen molar-refractivity contribution in [3.05, 3.63) is 41.1 Å². The van der Waals surface area contributed by atoms with Gasteiger partial charge in [-0.05, 0) is 12.1 Å². The van der Waals surface area contributed by atoms with Crippen LogP contribution in [0.25, 0.3) is 0 Å². The third-order valence-corrected chi connectivity index (χ3v) is 3.63. The average molecular weight is 284 g/mol. The van der Waals surface area contributed by atoms with Gasteiger partial charge in [-0.2, -0.15) is 0 Å². The van der Waals surface area contributed by atoms with Crippen LogP contribution >= 0.6 is 23.4 Å². The Hall–Kier alpha value is -1.53. The van der Waals surface area contributed by atoms with Crippen LogP contribution < -0.4 is 0 Å². The van der Waals surface area contributed by atoms with Gasteiger partial charge in [-0.15, -0.1) is 0 Å². The van der Waals surface area contributed by atoms with Gasteiger partial charge in [0.2, 0.25) is 0 Å². The highest BCUT2D eigenvalue weighted by atomic mass is 35.5. The molecule has 0 unspecified atom stereocenters. The molecule has 1 N–H and O–H groups in total. The van der Waals surface area contributed by atoms with Crippen LogP contribution in [0.15, 0.2) is 29.6 Å². The number of carbonyl (C=O) groups is 1. The molecule has 2 heterocycles. The third-order valence-electron chi connectivity index (χ3n) is 2.36. The highest BCUT2D eigenvalue weighted by molar-refractivity contribution is 7.98. The van der Waals surface area contributed by atoms with Gasteiger partial charge in [0.05, 0.1) is 22.5 Å². The summed E-state index contributed by atoms with van der Waals surface area (Å²) >= 11 is 7.29. The molecule has 0 aliphatic heterocycles. The van der Waals surface area contributed by atoms with Crippen molar-refractivity contribution < 1.29 is 9.90 Å². The number of hydrogen-bond donors (Lipinski definition) is 1. The number of hydrogen-bond acceptors (Lipinski definition) is 4. The topological polar surface area (TPSA) is 68.0 Å². The molecule has 0 saturated carbocycles. The summed E-state index contributed by atoms with van der Waals surface area (Å²) in [6.07, 6.45) is 3.07. The maximum atomic E-state index is 10.8. The smallest absolute Gasteiger partial charge is 0.335 e. The van der Waals surface area contributed by atoms with E-state index in [9.17, 15) is 4.79 Å². The summed E-state index contributed by atoms with van der Waals surface area (Å²) in [4.78, 5) is 19.1. The van der Waals surface area contributed by atoms with Gasteiger partial charge in [0.15, 0.2) is 0 Å². The maximum absolute atomic E-state index is 10.8.